The van der Waals surface area contributed by atoms with Crippen LogP contribution in [0.4, 0.5) is 0 Å². The maximum absolute atomic E-state index is 5.38. The van der Waals surface area contributed by atoms with E-state index in [9.17, 15) is 0 Å². The highest BCUT2D eigenvalue weighted by molar-refractivity contribution is 9.13. The first kappa shape index (κ1) is 7.83. The minimum atomic E-state index is 0.597. The minimum Gasteiger partial charge on any atom is -0.450 e. The van der Waals surface area contributed by atoms with Gasteiger partial charge in [0.1, 0.15) is 12.4 Å². The number of fused-ring (bicyclic) bond motifs is 1. The van der Waals surface area contributed by atoms with Crippen LogP contribution in [0.1, 0.15) is 11.3 Å². The van der Waals surface area contributed by atoms with Crippen molar-refractivity contribution in [2.45, 2.75) is 13.0 Å². The average Bonchev–Trinajstić information content (AvgIpc) is 2.30. The zero-order valence-electron chi connectivity index (χ0n) is 5.69. The number of rotatable bonds is 0. The van der Waals surface area contributed by atoms with Gasteiger partial charge in [0.15, 0.2) is 4.67 Å². The molecule has 1 aromatic heterocycles. The Hall–Kier alpha value is 0.200. The molecule has 2 nitrogen and oxygen atoms in total. The van der Waals surface area contributed by atoms with E-state index in [4.69, 9.17) is 9.15 Å². The van der Waals surface area contributed by atoms with Crippen LogP contribution in [0.15, 0.2) is 13.6 Å². The smallest absolute Gasteiger partial charge is 0.183 e. The molecule has 2 heterocycles. The van der Waals surface area contributed by atoms with Crippen molar-refractivity contribution in [3.05, 3.63) is 20.5 Å². The molecule has 0 aliphatic carbocycles. The summed E-state index contributed by atoms with van der Waals surface area (Å²) in [5.74, 6) is 0.940. The molecular formula is C7H6Br2O2. The maximum atomic E-state index is 5.38. The quantitative estimate of drug-likeness (QED) is 0.730. The molecule has 1 aromatic rings. The van der Waals surface area contributed by atoms with Gasteiger partial charge in [0.2, 0.25) is 0 Å². The Bertz CT molecular complexity index is 280. The van der Waals surface area contributed by atoms with Gasteiger partial charge in [-0.15, -0.1) is 0 Å². The van der Waals surface area contributed by atoms with Gasteiger partial charge in [0.05, 0.1) is 11.1 Å². The predicted molar refractivity (Wildman–Crippen MR) is 47.5 cm³/mol. The first-order valence-electron chi connectivity index (χ1n) is 3.32. The fourth-order valence-corrected chi connectivity index (χ4v) is 2.10. The van der Waals surface area contributed by atoms with Crippen molar-refractivity contribution in [2.24, 2.45) is 0 Å². The Morgan fingerprint density at radius 2 is 2.09 bits per heavy atom. The predicted octanol–water partition coefficient (Wildman–Crippen LogP) is 2.88. The topological polar surface area (TPSA) is 22.4 Å². The molecule has 0 unspecified atom stereocenters. The van der Waals surface area contributed by atoms with Crippen LogP contribution in [0.25, 0.3) is 0 Å². The molecule has 11 heavy (non-hydrogen) atoms. The van der Waals surface area contributed by atoms with Crippen LogP contribution in [0.5, 0.6) is 0 Å². The lowest BCUT2D eigenvalue weighted by atomic mass is 10.2. The van der Waals surface area contributed by atoms with E-state index in [1.165, 1.54) is 5.56 Å². The van der Waals surface area contributed by atoms with Gasteiger partial charge in [-0.05, 0) is 31.9 Å². The second kappa shape index (κ2) is 2.92. The summed E-state index contributed by atoms with van der Waals surface area (Å²) in [7, 11) is 0. The summed E-state index contributed by atoms with van der Waals surface area (Å²) in [5.41, 5.74) is 1.24. The van der Waals surface area contributed by atoms with Gasteiger partial charge >= 0.3 is 0 Å². The van der Waals surface area contributed by atoms with E-state index >= 15 is 0 Å². The van der Waals surface area contributed by atoms with Crippen molar-refractivity contribution in [3.63, 3.8) is 0 Å². The molecule has 1 aliphatic heterocycles. The average molecular weight is 282 g/mol. The molecule has 0 atom stereocenters. The molecule has 0 radical (unpaired) electrons. The highest BCUT2D eigenvalue weighted by atomic mass is 79.9. The summed E-state index contributed by atoms with van der Waals surface area (Å²) in [5, 5.41) is 0. The summed E-state index contributed by atoms with van der Waals surface area (Å²) in [4.78, 5) is 0. The summed E-state index contributed by atoms with van der Waals surface area (Å²) in [6, 6.07) is 0. The van der Waals surface area contributed by atoms with Crippen molar-refractivity contribution < 1.29 is 9.15 Å². The molecule has 0 bridgehead atoms. The second-order valence-electron chi connectivity index (χ2n) is 2.39. The van der Waals surface area contributed by atoms with Crippen LogP contribution >= 0.6 is 31.9 Å². The summed E-state index contributed by atoms with van der Waals surface area (Å²) >= 11 is 6.75. The van der Waals surface area contributed by atoms with E-state index < -0.39 is 0 Å². The van der Waals surface area contributed by atoms with Gasteiger partial charge in [-0.3, -0.25) is 0 Å². The molecule has 2 rings (SSSR count). The van der Waals surface area contributed by atoms with E-state index in [2.05, 4.69) is 31.9 Å². The Labute approximate surface area is 81.2 Å². The lowest BCUT2D eigenvalue weighted by Gasteiger charge is -2.09. The second-order valence-corrected chi connectivity index (χ2v) is 3.91. The van der Waals surface area contributed by atoms with Crippen LogP contribution in [0.2, 0.25) is 0 Å². The van der Waals surface area contributed by atoms with Crippen molar-refractivity contribution in [2.75, 3.05) is 6.61 Å². The van der Waals surface area contributed by atoms with Gasteiger partial charge in [0.25, 0.3) is 0 Å². The molecule has 0 N–H and O–H groups in total. The molecular weight excluding hydrogens is 276 g/mol. The van der Waals surface area contributed by atoms with E-state index in [0.29, 0.717) is 6.61 Å². The Kier molecular flexibility index (Phi) is 2.08. The monoisotopic (exact) mass is 280 g/mol. The summed E-state index contributed by atoms with van der Waals surface area (Å²) < 4.78 is 12.4. The first-order chi connectivity index (χ1) is 5.29. The number of hydrogen-bond acceptors (Lipinski definition) is 2. The number of furan rings is 1. The van der Waals surface area contributed by atoms with Crippen molar-refractivity contribution in [1.82, 2.24) is 0 Å². The highest BCUT2D eigenvalue weighted by Crippen LogP contribution is 2.34. The van der Waals surface area contributed by atoms with Crippen LogP contribution < -0.4 is 0 Å². The molecule has 4 heteroatoms. The van der Waals surface area contributed by atoms with Crippen LogP contribution in [-0.4, -0.2) is 6.61 Å². The highest BCUT2D eigenvalue weighted by Gasteiger charge is 2.19. The first-order valence-corrected chi connectivity index (χ1v) is 4.91. The molecule has 0 spiro atoms. The fraction of sp³-hybridized carbons (Fsp3) is 0.429. The molecule has 0 amide bonds. The Morgan fingerprint density at radius 1 is 1.27 bits per heavy atom. The normalized spacial score (nSPS) is 16.5. The van der Waals surface area contributed by atoms with E-state index in [0.717, 1.165) is 27.9 Å². The SMILES string of the molecule is Brc1oc2c(c1Br)CCOC2. The molecule has 60 valence electrons. The largest absolute Gasteiger partial charge is 0.450 e. The van der Waals surface area contributed by atoms with Crippen LogP contribution in [0, 0.1) is 0 Å². The molecule has 1 aliphatic rings. The molecule has 0 aromatic carbocycles. The van der Waals surface area contributed by atoms with Crippen LogP contribution in [0.3, 0.4) is 0 Å². The molecule has 0 saturated carbocycles. The van der Waals surface area contributed by atoms with Gasteiger partial charge in [-0.1, -0.05) is 0 Å². The Balaban J connectivity index is 2.50. The van der Waals surface area contributed by atoms with Crippen LogP contribution in [-0.2, 0) is 17.8 Å². The van der Waals surface area contributed by atoms with E-state index in [-0.39, 0.29) is 0 Å². The fourth-order valence-electron chi connectivity index (χ4n) is 1.16. The summed E-state index contributed by atoms with van der Waals surface area (Å²) in [6.07, 6.45) is 0.936. The zero-order valence-corrected chi connectivity index (χ0v) is 8.87. The molecule has 0 fully saturated rings. The lowest BCUT2D eigenvalue weighted by Crippen LogP contribution is -2.07. The van der Waals surface area contributed by atoms with E-state index in [1.54, 1.807) is 0 Å². The van der Waals surface area contributed by atoms with E-state index in [1.807, 2.05) is 0 Å². The van der Waals surface area contributed by atoms with Crippen molar-refractivity contribution in [3.8, 4) is 0 Å². The lowest BCUT2D eigenvalue weighted by molar-refractivity contribution is 0.0933. The van der Waals surface area contributed by atoms with Crippen molar-refractivity contribution in [1.29, 1.82) is 0 Å². The maximum Gasteiger partial charge on any atom is 0.183 e. The third kappa shape index (κ3) is 1.27. The third-order valence-electron chi connectivity index (χ3n) is 1.72. The van der Waals surface area contributed by atoms with Gasteiger partial charge < -0.3 is 9.15 Å². The number of hydrogen-bond donors (Lipinski definition) is 0. The minimum absolute atomic E-state index is 0.597. The molecule has 0 saturated heterocycles. The third-order valence-corrected chi connectivity index (χ3v) is 3.65. The van der Waals surface area contributed by atoms with Gasteiger partial charge in [-0.2, -0.15) is 0 Å². The number of halogens is 2. The number of ether oxygens (including phenoxy) is 1. The zero-order chi connectivity index (χ0) is 7.84. The van der Waals surface area contributed by atoms with Gasteiger partial charge in [-0.25, -0.2) is 0 Å². The summed E-state index contributed by atoms with van der Waals surface area (Å²) in [6.45, 7) is 1.39. The Morgan fingerprint density at radius 3 is 2.82 bits per heavy atom. The standard InChI is InChI=1S/C7H6Br2O2/c8-6-4-1-2-10-3-5(4)11-7(6)9/h1-3H2. The van der Waals surface area contributed by atoms with Crippen molar-refractivity contribution >= 4 is 31.9 Å². The van der Waals surface area contributed by atoms with Gasteiger partial charge in [0, 0.05) is 12.0 Å².